The summed E-state index contributed by atoms with van der Waals surface area (Å²) < 4.78 is 10.4. The lowest BCUT2D eigenvalue weighted by molar-refractivity contribution is -0.119. The summed E-state index contributed by atoms with van der Waals surface area (Å²) in [5.41, 5.74) is 5.63. The second kappa shape index (κ2) is 7.79. The van der Waals surface area contributed by atoms with E-state index in [4.69, 9.17) is 15.2 Å². The van der Waals surface area contributed by atoms with Crippen molar-refractivity contribution >= 4 is 11.8 Å². The molecule has 2 rings (SSSR count). The van der Waals surface area contributed by atoms with E-state index in [1.807, 2.05) is 4.90 Å². The molecule has 0 bridgehead atoms. The Morgan fingerprint density at radius 1 is 1.32 bits per heavy atom. The molecule has 1 saturated heterocycles. The molecule has 2 amide bonds. The first-order valence-electron chi connectivity index (χ1n) is 7.39. The number of ether oxygens (including phenoxy) is 2. The van der Waals surface area contributed by atoms with Crippen LogP contribution in [0.1, 0.15) is 23.2 Å². The molecule has 0 aliphatic carbocycles. The average molecular weight is 306 g/mol. The highest BCUT2D eigenvalue weighted by Crippen LogP contribution is 2.20. The molecular weight excluding hydrogens is 284 g/mol. The number of methoxy groups -OCH3 is 1. The van der Waals surface area contributed by atoms with E-state index in [0.29, 0.717) is 23.8 Å². The monoisotopic (exact) mass is 306 g/mol. The molecule has 1 aromatic rings. The zero-order chi connectivity index (χ0) is 15.9. The van der Waals surface area contributed by atoms with Gasteiger partial charge in [-0.25, -0.2) is 0 Å². The lowest BCUT2D eigenvalue weighted by Gasteiger charge is -2.32. The van der Waals surface area contributed by atoms with Gasteiger partial charge < -0.3 is 20.1 Å². The zero-order valence-electron chi connectivity index (χ0n) is 12.8. The minimum Gasteiger partial charge on any atom is -0.484 e. The Balaban J connectivity index is 1.95. The summed E-state index contributed by atoms with van der Waals surface area (Å²) >= 11 is 0. The number of hydrogen-bond acceptors (Lipinski definition) is 4. The number of amides is 2. The Labute approximate surface area is 130 Å². The molecule has 0 saturated carbocycles. The summed E-state index contributed by atoms with van der Waals surface area (Å²) in [7, 11) is 1.69. The molecule has 1 aliphatic heterocycles. The summed E-state index contributed by atoms with van der Waals surface area (Å²) in [4.78, 5) is 25.0. The van der Waals surface area contributed by atoms with Gasteiger partial charge in [-0.3, -0.25) is 9.59 Å². The maximum atomic E-state index is 12.5. The molecule has 1 atom stereocenters. The van der Waals surface area contributed by atoms with Gasteiger partial charge in [0.15, 0.2) is 6.61 Å². The molecule has 0 radical (unpaired) electrons. The van der Waals surface area contributed by atoms with Crippen molar-refractivity contribution < 1.29 is 19.1 Å². The fraction of sp³-hybridized carbons (Fsp3) is 0.500. The van der Waals surface area contributed by atoms with Gasteiger partial charge in [-0.05, 0) is 43.0 Å². The van der Waals surface area contributed by atoms with Gasteiger partial charge in [0.1, 0.15) is 5.75 Å². The van der Waals surface area contributed by atoms with Gasteiger partial charge in [-0.2, -0.15) is 0 Å². The largest absolute Gasteiger partial charge is 0.484 e. The SMILES string of the molecule is COCC1CCCN(C(=O)c2ccc(OCC(N)=O)cc2)C1. The first-order chi connectivity index (χ1) is 10.6. The first-order valence-corrected chi connectivity index (χ1v) is 7.39. The highest BCUT2D eigenvalue weighted by Gasteiger charge is 2.24. The lowest BCUT2D eigenvalue weighted by atomic mass is 9.98. The Morgan fingerprint density at radius 3 is 2.68 bits per heavy atom. The molecule has 0 aromatic heterocycles. The fourth-order valence-electron chi connectivity index (χ4n) is 2.65. The van der Waals surface area contributed by atoms with Crippen molar-refractivity contribution in [3.63, 3.8) is 0 Å². The van der Waals surface area contributed by atoms with Crippen LogP contribution in [0.2, 0.25) is 0 Å². The van der Waals surface area contributed by atoms with Crippen LogP contribution in [-0.2, 0) is 9.53 Å². The fourth-order valence-corrected chi connectivity index (χ4v) is 2.65. The molecular formula is C16H22N2O4. The maximum absolute atomic E-state index is 12.5. The smallest absolute Gasteiger partial charge is 0.255 e. The minimum atomic E-state index is -0.530. The average Bonchev–Trinajstić information content (AvgIpc) is 2.53. The lowest BCUT2D eigenvalue weighted by Crippen LogP contribution is -2.41. The van der Waals surface area contributed by atoms with Crippen molar-refractivity contribution in [3.05, 3.63) is 29.8 Å². The van der Waals surface area contributed by atoms with Crippen LogP contribution >= 0.6 is 0 Å². The van der Waals surface area contributed by atoms with E-state index in [-0.39, 0.29) is 12.5 Å². The van der Waals surface area contributed by atoms with Gasteiger partial charge in [0.25, 0.3) is 11.8 Å². The van der Waals surface area contributed by atoms with Gasteiger partial charge in [0.2, 0.25) is 0 Å². The molecule has 6 nitrogen and oxygen atoms in total. The van der Waals surface area contributed by atoms with Gasteiger partial charge in [-0.1, -0.05) is 0 Å². The number of carbonyl (C=O) groups is 2. The van der Waals surface area contributed by atoms with Crippen molar-refractivity contribution in [2.24, 2.45) is 11.7 Å². The van der Waals surface area contributed by atoms with Crippen molar-refractivity contribution in [1.82, 2.24) is 4.90 Å². The van der Waals surface area contributed by atoms with E-state index in [0.717, 1.165) is 25.9 Å². The van der Waals surface area contributed by atoms with E-state index < -0.39 is 5.91 Å². The zero-order valence-corrected chi connectivity index (χ0v) is 12.8. The highest BCUT2D eigenvalue weighted by molar-refractivity contribution is 5.94. The minimum absolute atomic E-state index is 0.0160. The van der Waals surface area contributed by atoms with Crippen LogP contribution in [0.5, 0.6) is 5.75 Å². The second-order valence-corrected chi connectivity index (χ2v) is 5.49. The Kier molecular flexibility index (Phi) is 5.77. The molecule has 1 heterocycles. The summed E-state index contributed by atoms with van der Waals surface area (Å²) in [6, 6.07) is 6.76. The Hall–Kier alpha value is -2.08. The maximum Gasteiger partial charge on any atom is 0.255 e. The molecule has 2 N–H and O–H groups in total. The molecule has 1 unspecified atom stereocenters. The number of nitrogens with zero attached hydrogens (tertiary/aromatic N) is 1. The third-order valence-electron chi connectivity index (χ3n) is 3.69. The number of benzene rings is 1. The number of primary amides is 1. The van der Waals surface area contributed by atoms with Crippen LogP contribution in [0.25, 0.3) is 0 Å². The molecule has 1 aliphatic rings. The normalized spacial score (nSPS) is 18.0. The van der Waals surface area contributed by atoms with E-state index in [9.17, 15) is 9.59 Å². The number of rotatable bonds is 6. The summed E-state index contributed by atoms with van der Waals surface area (Å²) in [6.07, 6.45) is 2.09. The Morgan fingerprint density at radius 2 is 2.05 bits per heavy atom. The van der Waals surface area contributed by atoms with E-state index in [1.165, 1.54) is 0 Å². The third-order valence-corrected chi connectivity index (χ3v) is 3.69. The molecule has 22 heavy (non-hydrogen) atoms. The number of piperidine rings is 1. The van der Waals surface area contributed by atoms with Crippen LogP contribution in [0, 0.1) is 5.92 Å². The Bertz CT molecular complexity index is 513. The van der Waals surface area contributed by atoms with Crippen molar-refractivity contribution in [2.75, 3.05) is 33.4 Å². The van der Waals surface area contributed by atoms with Gasteiger partial charge in [0, 0.05) is 25.8 Å². The molecule has 0 spiro atoms. The van der Waals surface area contributed by atoms with E-state index >= 15 is 0 Å². The number of carbonyl (C=O) groups excluding carboxylic acids is 2. The first kappa shape index (κ1) is 16.3. The van der Waals surface area contributed by atoms with Crippen LogP contribution < -0.4 is 10.5 Å². The van der Waals surface area contributed by atoms with Crippen LogP contribution in [0.3, 0.4) is 0 Å². The number of nitrogens with two attached hydrogens (primary N) is 1. The molecule has 6 heteroatoms. The predicted octanol–water partition coefficient (Wildman–Crippen LogP) is 1.05. The van der Waals surface area contributed by atoms with Gasteiger partial charge in [-0.15, -0.1) is 0 Å². The van der Waals surface area contributed by atoms with Gasteiger partial charge in [0.05, 0.1) is 6.61 Å². The second-order valence-electron chi connectivity index (χ2n) is 5.49. The van der Waals surface area contributed by atoms with Crippen LogP contribution in [0.15, 0.2) is 24.3 Å². The predicted molar refractivity (Wildman–Crippen MR) is 81.6 cm³/mol. The molecule has 120 valence electrons. The van der Waals surface area contributed by atoms with Crippen molar-refractivity contribution in [1.29, 1.82) is 0 Å². The standard InChI is InChI=1S/C16H22N2O4/c1-21-10-12-3-2-8-18(9-12)16(20)13-4-6-14(7-5-13)22-11-15(17)19/h4-7,12H,2-3,8-11H2,1H3,(H2,17,19). The van der Waals surface area contributed by atoms with Crippen LogP contribution in [0.4, 0.5) is 0 Å². The van der Waals surface area contributed by atoms with Gasteiger partial charge >= 0.3 is 0 Å². The third kappa shape index (κ3) is 4.46. The van der Waals surface area contributed by atoms with Crippen LogP contribution in [-0.4, -0.2) is 50.1 Å². The summed E-state index contributed by atoms with van der Waals surface area (Å²) in [5, 5.41) is 0. The number of hydrogen-bond donors (Lipinski definition) is 1. The van der Waals surface area contributed by atoms with E-state index in [1.54, 1.807) is 31.4 Å². The highest BCUT2D eigenvalue weighted by atomic mass is 16.5. The van der Waals surface area contributed by atoms with Crippen molar-refractivity contribution in [3.8, 4) is 5.75 Å². The topological polar surface area (TPSA) is 81.9 Å². The van der Waals surface area contributed by atoms with Crippen molar-refractivity contribution in [2.45, 2.75) is 12.8 Å². The summed E-state index contributed by atoms with van der Waals surface area (Å²) in [6.45, 7) is 2.02. The van der Waals surface area contributed by atoms with E-state index in [2.05, 4.69) is 0 Å². The summed E-state index contributed by atoms with van der Waals surface area (Å²) in [5.74, 6) is 0.409. The quantitative estimate of drug-likeness (QED) is 0.851. The molecule has 1 fully saturated rings. The molecule has 1 aromatic carbocycles. The number of likely N-dealkylation sites (tertiary alicyclic amines) is 1.